The van der Waals surface area contributed by atoms with E-state index in [4.69, 9.17) is 18.6 Å². The Labute approximate surface area is 264 Å². The number of thiazole rings is 1. The fourth-order valence-electron chi connectivity index (χ4n) is 4.04. The molecular formula is C28H47N5O9SSi. The molecule has 0 bridgehead atoms. The van der Waals surface area contributed by atoms with Gasteiger partial charge in [0.05, 0.1) is 20.3 Å². The lowest BCUT2D eigenvalue weighted by atomic mass is 10.0. The summed E-state index contributed by atoms with van der Waals surface area (Å²) in [5.41, 5.74) is 0.130. The van der Waals surface area contributed by atoms with Gasteiger partial charge in [-0.1, -0.05) is 20.8 Å². The molecule has 2 N–H and O–H groups in total. The van der Waals surface area contributed by atoms with Gasteiger partial charge >= 0.3 is 18.0 Å². The number of hydrogen-bond acceptors (Lipinski definition) is 12. The summed E-state index contributed by atoms with van der Waals surface area (Å²) in [4.78, 5) is 70.5. The van der Waals surface area contributed by atoms with E-state index in [-0.39, 0.29) is 29.5 Å². The lowest BCUT2D eigenvalue weighted by Gasteiger charge is -2.37. The van der Waals surface area contributed by atoms with Gasteiger partial charge in [0.2, 0.25) is 5.91 Å². The van der Waals surface area contributed by atoms with Gasteiger partial charge < -0.3 is 39.1 Å². The van der Waals surface area contributed by atoms with Gasteiger partial charge in [0.25, 0.3) is 5.91 Å². The first-order valence-corrected chi connectivity index (χ1v) is 18.4. The highest BCUT2D eigenvalue weighted by Crippen LogP contribution is 2.36. The monoisotopic (exact) mass is 657 g/mol. The van der Waals surface area contributed by atoms with Crippen molar-refractivity contribution < 1.29 is 42.6 Å². The summed E-state index contributed by atoms with van der Waals surface area (Å²) in [7, 11) is 0.548. The van der Waals surface area contributed by atoms with Crippen molar-refractivity contribution >= 4 is 54.6 Å². The highest BCUT2D eigenvalue weighted by Gasteiger charge is 2.39. The standard InChI is InChI=1S/C28H47N5O9SSi/c1-10-40-27(38)32(6)19-11-13-33(14-12-19)26-31-22(17-43-26)24(36)29-20(16-42-44(8,9)28(3,4)5)23(35)30-21(25(37)39-7)15-41-18(2)34/h17,19-21H,10-16H2,1-9H3,(H,29,36)(H,30,35)/t20-,21-/m0/s1. The Morgan fingerprint density at radius 2 is 1.73 bits per heavy atom. The number of piperidine rings is 1. The van der Waals surface area contributed by atoms with Crippen LogP contribution in [0.3, 0.4) is 0 Å². The molecule has 14 nitrogen and oxygen atoms in total. The van der Waals surface area contributed by atoms with Crippen molar-refractivity contribution in [2.75, 3.05) is 52.0 Å². The summed E-state index contributed by atoms with van der Waals surface area (Å²) in [5.74, 6) is -2.73. The molecule has 0 radical (unpaired) electrons. The van der Waals surface area contributed by atoms with Gasteiger partial charge in [-0.2, -0.15) is 0 Å². The number of ether oxygens (including phenoxy) is 3. The van der Waals surface area contributed by atoms with Crippen molar-refractivity contribution in [3.05, 3.63) is 11.1 Å². The summed E-state index contributed by atoms with van der Waals surface area (Å²) in [6.45, 7) is 14.2. The Morgan fingerprint density at radius 3 is 2.27 bits per heavy atom. The molecule has 0 spiro atoms. The molecule has 3 amide bonds. The van der Waals surface area contributed by atoms with Gasteiger partial charge in [-0.05, 0) is 37.9 Å². The van der Waals surface area contributed by atoms with Crippen LogP contribution in [0.4, 0.5) is 9.93 Å². The molecule has 1 aromatic rings. The molecule has 2 rings (SSSR count). The first kappa shape index (κ1) is 36.9. The van der Waals surface area contributed by atoms with Crippen LogP contribution in [0.5, 0.6) is 0 Å². The van der Waals surface area contributed by atoms with E-state index in [1.165, 1.54) is 18.3 Å². The van der Waals surface area contributed by atoms with Gasteiger partial charge in [-0.25, -0.2) is 14.6 Å². The zero-order valence-corrected chi connectivity index (χ0v) is 29.0. The number of nitrogens with zero attached hydrogens (tertiary/aromatic N) is 3. The lowest BCUT2D eigenvalue weighted by Crippen LogP contribution is -2.56. The highest BCUT2D eigenvalue weighted by atomic mass is 32.1. The predicted molar refractivity (Wildman–Crippen MR) is 167 cm³/mol. The molecule has 0 aromatic carbocycles. The number of amides is 3. The normalized spacial score (nSPS) is 15.5. The molecule has 0 saturated carbocycles. The molecule has 1 fully saturated rings. The summed E-state index contributed by atoms with van der Waals surface area (Å²) in [6, 6.07) is -2.41. The van der Waals surface area contributed by atoms with Gasteiger partial charge in [0.15, 0.2) is 19.5 Å². The van der Waals surface area contributed by atoms with Gasteiger partial charge in [-0.15, -0.1) is 11.3 Å². The maximum atomic E-state index is 13.4. The minimum Gasteiger partial charge on any atom is -0.467 e. The molecule has 1 saturated heterocycles. The molecule has 2 heterocycles. The Bertz CT molecular complexity index is 1160. The Morgan fingerprint density at radius 1 is 1.09 bits per heavy atom. The van der Waals surface area contributed by atoms with Crippen LogP contribution in [-0.2, 0) is 33.0 Å². The van der Waals surface area contributed by atoms with Crippen LogP contribution in [0.1, 0.15) is 57.9 Å². The van der Waals surface area contributed by atoms with E-state index in [1.54, 1.807) is 24.3 Å². The Hall–Kier alpha value is -3.24. The fourth-order valence-corrected chi connectivity index (χ4v) is 5.92. The van der Waals surface area contributed by atoms with E-state index < -0.39 is 50.8 Å². The average molecular weight is 658 g/mol. The van der Waals surface area contributed by atoms with Crippen molar-refractivity contribution in [1.29, 1.82) is 0 Å². The molecule has 1 aromatic heterocycles. The van der Waals surface area contributed by atoms with Crippen molar-refractivity contribution in [3.63, 3.8) is 0 Å². The second-order valence-electron chi connectivity index (χ2n) is 12.0. The number of esters is 2. The topological polar surface area (TPSA) is 166 Å². The lowest BCUT2D eigenvalue weighted by molar-refractivity contribution is -0.151. The summed E-state index contributed by atoms with van der Waals surface area (Å²) >= 11 is 1.31. The molecule has 44 heavy (non-hydrogen) atoms. The quantitative estimate of drug-likeness (QED) is 0.182. The largest absolute Gasteiger partial charge is 0.467 e. The van der Waals surface area contributed by atoms with Crippen LogP contribution in [0.15, 0.2) is 5.38 Å². The van der Waals surface area contributed by atoms with E-state index in [1.807, 2.05) is 33.9 Å². The van der Waals surface area contributed by atoms with Crippen LogP contribution in [0.25, 0.3) is 0 Å². The average Bonchev–Trinajstić information content (AvgIpc) is 3.46. The minimum absolute atomic E-state index is 0.0443. The molecule has 1 aliphatic heterocycles. The highest BCUT2D eigenvalue weighted by molar-refractivity contribution is 7.13. The van der Waals surface area contributed by atoms with Crippen molar-refractivity contribution in [3.8, 4) is 0 Å². The molecule has 16 heteroatoms. The third-order valence-electron chi connectivity index (χ3n) is 7.86. The molecular weight excluding hydrogens is 610 g/mol. The van der Waals surface area contributed by atoms with Crippen LogP contribution >= 0.6 is 11.3 Å². The number of hydrogen-bond donors (Lipinski definition) is 2. The molecule has 1 aliphatic rings. The van der Waals surface area contributed by atoms with E-state index >= 15 is 0 Å². The smallest absolute Gasteiger partial charge is 0.409 e. The van der Waals surface area contributed by atoms with E-state index in [0.29, 0.717) is 24.8 Å². The van der Waals surface area contributed by atoms with E-state index in [9.17, 15) is 24.0 Å². The van der Waals surface area contributed by atoms with E-state index in [0.717, 1.165) is 20.0 Å². The second-order valence-corrected chi connectivity index (χ2v) is 17.7. The number of carbonyl (C=O) groups is 5. The molecule has 0 aliphatic carbocycles. The van der Waals surface area contributed by atoms with Crippen LogP contribution in [0.2, 0.25) is 18.1 Å². The van der Waals surface area contributed by atoms with Crippen molar-refractivity contribution in [2.24, 2.45) is 0 Å². The Balaban J connectivity index is 2.15. The van der Waals surface area contributed by atoms with Gasteiger partial charge in [0, 0.05) is 38.5 Å². The first-order valence-electron chi connectivity index (χ1n) is 14.6. The zero-order valence-electron chi connectivity index (χ0n) is 27.2. The number of methoxy groups -OCH3 is 1. The van der Waals surface area contributed by atoms with E-state index in [2.05, 4.69) is 20.5 Å². The molecule has 248 valence electrons. The van der Waals surface area contributed by atoms with Crippen LogP contribution in [0, 0.1) is 0 Å². The second kappa shape index (κ2) is 16.2. The number of nitrogens with one attached hydrogen (secondary N) is 2. The zero-order chi connectivity index (χ0) is 33.2. The van der Waals surface area contributed by atoms with Crippen molar-refractivity contribution in [1.82, 2.24) is 20.5 Å². The van der Waals surface area contributed by atoms with Crippen LogP contribution < -0.4 is 15.5 Å². The van der Waals surface area contributed by atoms with Crippen molar-refractivity contribution in [2.45, 2.75) is 83.7 Å². The van der Waals surface area contributed by atoms with Gasteiger partial charge in [-0.3, -0.25) is 14.4 Å². The SMILES string of the molecule is CCOC(=O)N(C)C1CCN(c2nc(C(=O)N[C@@H](CO[Si](C)(C)C(C)(C)C)C(=O)N[C@@H](COC(C)=O)C(=O)OC)cs2)CC1. The number of aromatic nitrogens is 1. The number of anilines is 1. The number of rotatable bonds is 13. The molecule has 2 atom stereocenters. The fraction of sp³-hybridized carbons (Fsp3) is 0.714. The van der Waals surface area contributed by atoms with Gasteiger partial charge in [0.1, 0.15) is 18.3 Å². The number of carbonyl (C=O) groups excluding carboxylic acids is 5. The maximum Gasteiger partial charge on any atom is 0.409 e. The summed E-state index contributed by atoms with van der Waals surface area (Å²) in [6.07, 6.45) is 1.09. The molecule has 0 unspecified atom stereocenters. The summed E-state index contributed by atoms with van der Waals surface area (Å²) in [5, 5.41) is 7.31. The summed E-state index contributed by atoms with van der Waals surface area (Å²) < 4.78 is 21.0. The maximum absolute atomic E-state index is 13.4. The van der Waals surface area contributed by atoms with Crippen LogP contribution in [-0.4, -0.2) is 113 Å². The third kappa shape index (κ3) is 10.4. The first-order chi connectivity index (χ1) is 20.5. The third-order valence-corrected chi connectivity index (χ3v) is 13.3. The Kier molecular flexibility index (Phi) is 13.6. The minimum atomic E-state index is -2.33. The predicted octanol–water partition coefficient (Wildman–Crippen LogP) is 2.54.